The first-order valence-corrected chi connectivity index (χ1v) is 3.78. The van der Waals surface area contributed by atoms with E-state index in [9.17, 15) is 25.3 Å². The van der Waals surface area contributed by atoms with Crippen LogP contribution in [0.1, 0.15) is 13.3 Å². The molecule has 1 unspecified atom stereocenters. The molecule has 0 aliphatic heterocycles. The summed E-state index contributed by atoms with van der Waals surface area (Å²) in [4.78, 5) is 19.5. The van der Waals surface area contributed by atoms with Crippen LogP contribution >= 0.6 is 0 Å². The molecule has 0 saturated heterocycles. The van der Waals surface area contributed by atoms with Crippen molar-refractivity contribution in [1.82, 2.24) is 0 Å². The number of aliphatic hydroxyl groups excluding tert-OH is 1. The van der Waals surface area contributed by atoms with E-state index < -0.39 is 21.1 Å². The van der Waals surface area contributed by atoms with Gasteiger partial charge in [-0.05, 0) is 0 Å². The normalized spacial score (nSPS) is 26.4. The first kappa shape index (κ1) is 10.2. The Balaban J connectivity index is 3.04. The number of nitrogens with zero attached hydrogens (tertiary/aromatic N) is 2. The van der Waals surface area contributed by atoms with Crippen molar-refractivity contribution < 1.29 is 15.0 Å². The van der Waals surface area contributed by atoms with Crippen molar-refractivity contribution in [3.8, 4) is 0 Å². The highest BCUT2D eigenvalue weighted by Crippen LogP contribution is 2.29. The molecule has 0 radical (unpaired) electrons. The molecule has 0 aromatic heterocycles. The van der Waals surface area contributed by atoms with Crippen LogP contribution in [-0.4, -0.2) is 20.5 Å². The van der Waals surface area contributed by atoms with E-state index in [2.05, 4.69) is 0 Å². The van der Waals surface area contributed by atoms with Gasteiger partial charge in [0.2, 0.25) is 0 Å². The maximum Gasteiger partial charge on any atom is 0.278 e. The van der Waals surface area contributed by atoms with Crippen molar-refractivity contribution in [2.24, 2.45) is 0 Å². The Morgan fingerprint density at radius 1 is 1.50 bits per heavy atom. The molecular weight excluding hydrogens is 192 g/mol. The number of hydrogen-bond donors (Lipinski definition) is 1. The number of allylic oxidation sites excluding steroid dienone is 1. The summed E-state index contributed by atoms with van der Waals surface area (Å²) in [5.74, 6) is -0.586. The smallest absolute Gasteiger partial charge is 0.278 e. The minimum atomic E-state index is -1.64. The third kappa shape index (κ3) is 1.43. The zero-order chi connectivity index (χ0) is 10.9. The van der Waals surface area contributed by atoms with E-state index in [0.29, 0.717) is 0 Å². The third-order valence-corrected chi connectivity index (χ3v) is 2.16. The zero-order valence-corrected chi connectivity index (χ0v) is 7.34. The lowest BCUT2D eigenvalue weighted by atomic mass is 9.91. The Kier molecular flexibility index (Phi) is 2.24. The number of aliphatic hydroxyl groups is 1. The molecule has 76 valence electrons. The van der Waals surface area contributed by atoms with E-state index in [1.807, 2.05) is 0 Å². The lowest BCUT2D eigenvalue weighted by molar-refractivity contribution is -0.558. The van der Waals surface area contributed by atoms with Crippen LogP contribution in [-0.2, 0) is 0 Å². The summed E-state index contributed by atoms with van der Waals surface area (Å²) in [5.41, 5.74) is -1.96. The van der Waals surface area contributed by atoms with Crippen molar-refractivity contribution in [2.45, 2.75) is 18.9 Å². The minimum Gasteiger partial charge on any atom is -0.505 e. The summed E-state index contributed by atoms with van der Waals surface area (Å²) < 4.78 is 0. The minimum absolute atomic E-state index is 0.182. The van der Waals surface area contributed by atoms with Crippen molar-refractivity contribution in [2.75, 3.05) is 0 Å². The lowest BCUT2D eigenvalue weighted by Gasteiger charge is -2.20. The third-order valence-electron chi connectivity index (χ3n) is 2.16. The molecular formula is C7H8N2O5. The van der Waals surface area contributed by atoms with Crippen LogP contribution < -0.4 is 0 Å². The van der Waals surface area contributed by atoms with E-state index in [1.165, 1.54) is 6.92 Å². The fourth-order valence-corrected chi connectivity index (χ4v) is 1.06. The van der Waals surface area contributed by atoms with Crippen molar-refractivity contribution in [1.29, 1.82) is 0 Å². The molecule has 7 heteroatoms. The fourth-order valence-electron chi connectivity index (χ4n) is 1.06. The lowest BCUT2D eigenvalue weighted by Crippen LogP contribution is -2.38. The second-order valence-electron chi connectivity index (χ2n) is 3.15. The molecule has 0 heterocycles. The summed E-state index contributed by atoms with van der Waals surface area (Å²) in [7, 11) is 0. The molecule has 0 fully saturated rings. The highest BCUT2D eigenvalue weighted by molar-refractivity contribution is 5.26. The molecule has 0 amide bonds. The molecule has 1 aliphatic rings. The summed E-state index contributed by atoms with van der Waals surface area (Å²) in [6.45, 7) is 1.21. The molecule has 0 saturated carbocycles. The highest BCUT2D eigenvalue weighted by atomic mass is 16.6. The van der Waals surface area contributed by atoms with Gasteiger partial charge in [-0.25, -0.2) is 0 Å². The molecule has 0 aromatic carbocycles. The topological polar surface area (TPSA) is 107 Å². The van der Waals surface area contributed by atoms with Crippen molar-refractivity contribution in [3.05, 3.63) is 43.8 Å². The number of nitro groups is 2. The van der Waals surface area contributed by atoms with Gasteiger partial charge in [0.15, 0.2) is 5.76 Å². The number of hydrogen-bond acceptors (Lipinski definition) is 5. The van der Waals surface area contributed by atoms with Gasteiger partial charge in [-0.2, -0.15) is 0 Å². The van der Waals surface area contributed by atoms with Crippen molar-refractivity contribution >= 4 is 0 Å². The predicted octanol–water partition coefficient (Wildman–Crippen LogP) is 1.03. The van der Waals surface area contributed by atoms with E-state index in [0.717, 1.165) is 12.2 Å². The molecule has 0 bridgehead atoms. The summed E-state index contributed by atoms with van der Waals surface area (Å²) in [5, 5.41) is 30.2. The Hall–Kier alpha value is -1.92. The molecule has 1 rings (SSSR count). The molecule has 1 aliphatic carbocycles. The molecule has 1 N–H and O–H groups in total. The quantitative estimate of drug-likeness (QED) is 0.529. The SMILES string of the molecule is CC1([N+](=O)[O-])CC=C([N+](=O)[O-])C=C1O. The van der Waals surface area contributed by atoms with E-state index >= 15 is 0 Å². The van der Waals surface area contributed by atoms with E-state index in [-0.39, 0.29) is 12.1 Å². The van der Waals surface area contributed by atoms with Gasteiger partial charge in [0.25, 0.3) is 11.2 Å². The van der Waals surface area contributed by atoms with Crippen LogP contribution in [0.5, 0.6) is 0 Å². The number of rotatable bonds is 2. The first-order chi connectivity index (χ1) is 6.38. The summed E-state index contributed by atoms with van der Waals surface area (Å²) in [6, 6.07) is 0. The first-order valence-electron chi connectivity index (χ1n) is 3.78. The maximum absolute atomic E-state index is 10.6. The molecule has 0 aromatic rings. The second kappa shape index (κ2) is 3.09. The highest BCUT2D eigenvalue weighted by Gasteiger charge is 2.44. The van der Waals surface area contributed by atoms with Gasteiger partial charge in [0, 0.05) is 17.9 Å². The van der Waals surface area contributed by atoms with Crippen molar-refractivity contribution in [3.63, 3.8) is 0 Å². The average Bonchev–Trinajstić information content (AvgIpc) is 2.09. The van der Waals surface area contributed by atoms with Crippen LogP contribution in [0.3, 0.4) is 0 Å². The monoisotopic (exact) mass is 200 g/mol. The van der Waals surface area contributed by atoms with Gasteiger partial charge in [0.05, 0.1) is 17.4 Å². The Labute approximate surface area is 78.6 Å². The van der Waals surface area contributed by atoms with Gasteiger partial charge in [-0.3, -0.25) is 20.2 Å². The second-order valence-corrected chi connectivity index (χ2v) is 3.15. The van der Waals surface area contributed by atoms with Crippen LogP contribution in [0.4, 0.5) is 0 Å². The maximum atomic E-state index is 10.6. The molecule has 14 heavy (non-hydrogen) atoms. The predicted molar refractivity (Wildman–Crippen MR) is 45.8 cm³/mol. The fraction of sp³-hybridized carbons (Fsp3) is 0.429. The average molecular weight is 200 g/mol. The van der Waals surface area contributed by atoms with Gasteiger partial charge < -0.3 is 5.11 Å². The van der Waals surface area contributed by atoms with Gasteiger partial charge in [-0.1, -0.05) is 0 Å². The van der Waals surface area contributed by atoms with E-state index in [1.54, 1.807) is 0 Å². The van der Waals surface area contributed by atoms with Crippen LogP contribution in [0, 0.1) is 20.2 Å². The Morgan fingerprint density at radius 3 is 2.43 bits per heavy atom. The van der Waals surface area contributed by atoms with Gasteiger partial charge >= 0.3 is 0 Å². The van der Waals surface area contributed by atoms with E-state index in [4.69, 9.17) is 0 Å². The van der Waals surface area contributed by atoms with Crippen LogP contribution in [0.25, 0.3) is 0 Å². The standard InChI is InChI=1S/C7H8N2O5/c1-7(9(13)14)3-2-5(8(11)12)4-6(7)10/h2,4,10H,3H2,1H3. The Bertz CT molecular complexity index is 359. The van der Waals surface area contributed by atoms with Gasteiger partial charge in [-0.15, -0.1) is 0 Å². The molecule has 0 spiro atoms. The zero-order valence-electron chi connectivity index (χ0n) is 7.34. The summed E-state index contributed by atoms with van der Waals surface area (Å²) >= 11 is 0. The Morgan fingerprint density at radius 2 is 2.07 bits per heavy atom. The molecule has 7 nitrogen and oxygen atoms in total. The molecule has 1 atom stereocenters. The van der Waals surface area contributed by atoms with Crippen LogP contribution in [0.2, 0.25) is 0 Å². The van der Waals surface area contributed by atoms with Gasteiger partial charge in [0.1, 0.15) is 0 Å². The summed E-state index contributed by atoms with van der Waals surface area (Å²) in [6.07, 6.45) is 1.76. The van der Waals surface area contributed by atoms with Crippen LogP contribution in [0.15, 0.2) is 23.6 Å². The largest absolute Gasteiger partial charge is 0.505 e.